The Bertz CT molecular complexity index is 689. The number of hydrogen-bond acceptors (Lipinski definition) is 5. The standard InChI is InChI=1S/C20H29N3O4/c1-15-11-17(27-21-15)12-18(24)22-7-5-20(6-8-22)13-19(25)23(9-10-26-20)14-16-3-2-4-16/h11,16H,2-10,12-14H2,1H3. The maximum atomic E-state index is 12.8. The van der Waals surface area contributed by atoms with Crippen LogP contribution in [0.2, 0.25) is 0 Å². The molecular weight excluding hydrogens is 346 g/mol. The second kappa shape index (κ2) is 7.62. The summed E-state index contributed by atoms with van der Waals surface area (Å²) in [7, 11) is 0. The Labute approximate surface area is 160 Å². The Balaban J connectivity index is 1.30. The third-order valence-corrected chi connectivity index (χ3v) is 6.33. The predicted octanol–water partition coefficient (Wildman–Crippen LogP) is 1.94. The number of nitrogens with zero attached hydrogens (tertiary/aromatic N) is 3. The van der Waals surface area contributed by atoms with Gasteiger partial charge in [-0.05, 0) is 38.5 Å². The molecule has 0 bridgehead atoms. The van der Waals surface area contributed by atoms with Crippen LogP contribution >= 0.6 is 0 Å². The summed E-state index contributed by atoms with van der Waals surface area (Å²) in [6.07, 6.45) is 5.92. The van der Waals surface area contributed by atoms with Crippen LogP contribution in [-0.4, -0.2) is 65.2 Å². The summed E-state index contributed by atoms with van der Waals surface area (Å²) < 4.78 is 11.3. The third-order valence-electron chi connectivity index (χ3n) is 6.33. The average Bonchev–Trinajstić information content (AvgIpc) is 2.94. The molecule has 0 unspecified atom stereocenters. The highest BCUT2D eigenvalue weighted by molar-refractivity contribution is 5.79. The summed E-state index contributed by atoms with van der Waals surface area (Å²) >= 11 is 0. The maximum absolute atomic E-state index is 12.8. The fourth-order valence-corrected chi connectivity index (χ4v) is 4.36. The molecule has 3 aliphatic rings. The van der Waals surface area contributed by atoms with Crippen molar-refractivity contribution in [3.05, 3.63) is 17.5 Å². The van der Waals surface area contributed by atoms with Crippen LogP contribution in [0.15, 0.2) is 10.6 Å². The molecule has 3 heterocycles. The van der Waals surface area contributed by atoms with E-state index in [-0.39, 0.29) is 18.2 Å². The zero-order valence-corrected chi connectivity index (χ0v) is 16.1. The van der Waals surface area contributed by atoms with E-state index in [4.69, 9.17) is 9.26 Å². The van der Waals surface area contributed by atoms with Crippen LogP contribution in [0.5, 0.6) is 0 Å². The number of aryl methyl sites for hydroxylation is 1. The Morgan fingerprint density at radius 1 is 1.30 bits per heavy atom. The SMILES string of the molecule is Cc1cc(CC(=O)N2CCC3(CC2)CC(=O)N(CC2CCC2)CCO3)on1. The van der Waals surface area contributed by atoms with Crippen LogP contribution in [0, 0.1) is 12.8 Å². The lowest BCUT2D eigenvalue weighted by Crippen LogP contribution is -2.49. The molecule has 1 aliphatic carbocycles. The van der Waals surface area contributed by atoms with Crippen LogP contribution in [0.25, 0.3) is 0 Å². The largest absolute Gasteiger partial charge is 0.372 e. The van der Waals surface area contributed by atoms with Crippen LogP contribution in [0.4, 0.5) is 0 Å². The molecule has 1 aromatic heterocycles. The van der Waals surface area contributed by atoms with Crippen molar-refractivity contribution in [3.8, 4) is 0 Å². The lowest BCUT2D eigenvalue weighted by molar-refractivity contribution is -0.141. The molecule has 1 aromatic rings. The molecule has 7 nitrogen and oxygen atoms in total. The number of hydrogen-bond donors (Lipinski definition) is 0. The van der Waals surface area contributed by atoms with Gasteiger partial charge in [0.2, 0.25) is 11.8 Å². The molecule has 2 amide bonds. The van der Waals surface area contributed by atoms with Crippen molar-refractivity contribution >= 4 is 11.8 Å². The fraction of sp³-hybridized carbons (Fsp3) is 0.750. The van der Waals surface area contributed by atoms with Gasteiger partial charge in [-0.15, -0.1) is 0 Å². The second-order valence-electron chi connectivity index (χ2n) is 8.34. The lowest BCUT2D eigenvalue weighted by atomic mass is 9.84. The third kappa shape index (κ3) is 4.18. The highest BCUT2D eigenvalue weighted by atomic mass is 16.5. The molecule has 2 saturated heterocycles. The van der Waals surface area contributed by atoms with Crippen LogP contribution < -0.4 is 0 Å². The Hall–Kier alpha value is -1.89. The van der Waals surface area contributed by atoms with E-state index in [0.29, 0.717) is 44.3 Å². The van der Waals surface area contributed by atoms with E-state index in [9.17, 15) is 9.59 Å². The minimum atomic E-state index is -0.398. The van der Waals surface area contributed by atoms with Crippen molar-refractivity contribution in [1.82, 2.24) is 15.0 Å². The lowest BCUT2D eigenvalue weighted by Gasteiger charge is -2.40. The van der Waals surface area contributed by atoms with Crippen LogP contribution in [0.3, 0.4) is 0 Å². The smallest absolute Gasteiger partial charge is 0.230 e. The minimum absolute atomic E-state index is 0.0487. The molecule has 0 aromatic carbocycles. The van der Waals surface area contributed by atoms with E-state index in [1.165, 1.54) is 19.3 Å². The average molecular weight is 375 g/mol. The number of likely N-dealkylation sites (tertiary alicyclic amines) is 1. The normalized spacial score (nSPS) is 23.4. The van der Waals surface area contributed by atoms with E-state index in [2.05, 4.69) is 5.16 Å². The number of aromatic nitrogens is 1. The highest BCUT2D eigenvalue weighted by Crippen LogP contribution is 2.34. The highest BCUT2D eigenvalue weighted by Gasteiger charge is 2.42. The van der Waals surface area contributed by atoms with Gasteiger partial charge in [0.25, 0.3) is 0 Å². The molecule has 1 saturated carbocycles. The second-order valence-corrected chi connectivity index (χ2v) is 8.34. The number of rotatable bonds is 4. The monoisotopic (exact) mass is 375 g/mol. The topological polar surface area (TPSA) is 75.9 Å². The minimum Gasteiger partial charge on any atom is -0.372 e. The van der Waals surface area contributed by atoms with Gasteiger partial charge in [0.05, 0.1) is 30.7 Å². The first-order valence-corrected chi connectivity index (χ1v) is 10.1. The van der Waals surface area contributed by atoms with Gasteiger partial charge in [0, 0.05) is 32.2 Å². The Morgan fingerprint density at radius 2 is 2.07 bits per heavy atom. The first-order chi connectivity index (χ1) is 13.0. The van der Waals surface area contributed by atoms with Gasteiger partial charge in [-0.25, -0.2) is 0 Å². The zero-order valence-electron chi connectivity index (χ0n) is 16.1. The van der Waals surface area contributed by atoms with Crippen LogP contribution in [0.1, 0.15) is 50.0 Å². The van der Waals surface area contributed by atoms with Crippen molar-refractivity contribution in [3.63, 3.8) is 0 Å². The van der Waals surface area contributed by atoms with E-state index in [1.54, 1.807) is 6.07 Å². The Kier molecular flexibility index (Phi) is 5.21. The number of amides is 2. The van der Waals surface area contributed by atoms with Crippen molar-refractivity contribution in [2.45, 2.75) is 57.5 Å². The van der Waals surface area contributed by atoms with E-state index in [1.807, 2.05) is 16.7 Å². The molecule has 7 heteroatoms. The van der Waals surface area contributed by atoms with Gasteiger partial charge in [-0.3, -0.25) is 9.59 Å². The predicted molar refractivity (Wildman–Crippen MR) is 98.0 cm³/mol. The van der Waals surface area contributed by atoms with Crippen LogP contribution in [-0.2, 0) is 20.7 Å². The summed E-state index contributed by atoms with van der Waals surface area (Å²) in [6, 6.07) is 1.80. The van der Waals surface area contributed by atoms with Gasteiger partial charge in [-0.2, -0.15) is 0 Å². The number of piperidine rings is 1. The molecule has 3 fully saturated rings. The molecule has 0 atom stereocenters. The van der Waals surface area contributed by atoms with Gasteiger partial charge >= 0.3 is 0 Å². The first kappa shape index (κ1) is 18.5. The van der Waals surface area contributed by atoms with Crippen molar-refractivity contribution in [2.24, 2.45) is 5.92 Å². The fourth-order valence-electron chi connectivity index (χ4n) is 4.36. The quantitative estimate of drug-likeness (QED) is 0.804. The number of carbonyl (C=O) groups excluding carboxylic acids is 2. The molecule has 2 aliphatic heterocycles. The molecule has 27 heavy (non-hydrogen) atoms. The first-order valence-electron chi connectivity index (χ1n) is 10.1. The zero-order chi connectivity index (χ0) is 18.9. The summed E-state index contributed by atoms with van der Waals surface area (Å²) in [5.74, 6) is 1.55. The van der Waals surface area contributed by atoms with E-state index in [0.717, 1.165) is 25.1 Å². The van der Waals surface area contributed by atoms with Gasteiger partial charge in [-0.1, -0.05) is 11.6 Å². The summed E-state index contributed by atoms with van der Waals surface area (Å²) in [6.45, 7) is 5.29. The molecule has 4 rings (SSSR count). The van der Waals surface area contributed by atoms with Gasteiger partial charge in [0.15, 0.2) is 0 Å². The molecule has 0 radical (unpaired) electrons. The van der Waals surface area contributed by atoms with E-state index >= 15 is 0 Å². The van der Waals surface area contributed by atoms with Crippen molar-refractivity contribution in [2.75, 3.05) is 32.8 Å². The Morgan fingerprint density at radius 3 is 2.70 bits per heavy atom. The van der Waals surface area contributed by atoms with Gasteiger partial charge < -0.3 is 19.1 Å². The maximum Gasteiger partial charge on any atom is 0.230 e. The molecular formula is C20H29N3O4. The van der Waals surface area contributed by atoms with Crippen molar-refractivity contribution in [1.29, 1.82) is 0 Å². The summed E-state index contributed by atoms with van der Waals surface area (Å²) in [5, 5.41) is 3.83. The number of ether oxygens (including phenoxy) is 1. The summed E-state index contributed by atoms with van der Waals surface area (Å²) in [5.41, 5.74) is 0.387. The van der Waals surface area contributed by atoms with Crippen molar-refractivity contribution < 1.29 is 18.8 Å². The molecule has 1 spiro atoms. The van der Waals surface area contributed by atoms with Gasteiger partial charge in [0.1, 0.15) is 5.76 Å². The molecule has 0 N–H and O–H groups in total. The molecule has 148 valence electrons. The number of carbonyl (C=O) groups is 2. The van der Waals surface area contributed by atoms with E-state index < -0.39 is 5.60 Å². The summed E-state index contributed by atoms with van der Waals surface area (Å²) in [4.78, 5) is 29.1.